The molecule has 0 saturated heterocycles. The van der Waals surface area contributed by atoms with Crippen LogP contribution in [0.25, 0.3) is 0 Å². The number of halogens is 3. The van der Waals surface area contributed by atoms with Crippen molar-refractivity contribution < 1.29 is 8.78 Å². The van der Waals surface area contributed by atoms with Crippen molar-refractivity contribution in [3.05, 3.63) is 35.4 Å². The largest absolute Gasteiger partial charge is 0.326 e. The maximum absolute atomic E-state index is 12.8. The first kappa shape index (κ1) is 9.65. The maximum atomic E-state index is 12.8. The van der Waals surface area contributed by atoms with Gasteiger partial charge in [-0.25, -0.2) is 0 Å². The molecule has 3 heteroatoms. The highest BCUT2D eigenvalue weighted by atomic mass is 79.9. The highest BCUT2D eigenvalue weighted by molar-refractivity contribution is 9.09. The Morgan fingerprint density at radius 3 is 2.33 bits per heavy atom. The van der Waals surface area contributed by atoms with E-state index in [2.05, 4.69) is 15.9 Å². The zero-order valence-electron chi connectivity index (χ0n) is 6.65. The lowest BCUT2D eigenvalue weighted by Crippen LogP contribution is -2.06. The fourth-order valence-electron chi connectivity index (χ4n) is 1.11. The van der Waals surface area contributed by atoms with Gasteiger partial charge in [-0.3, -0.25) is 0 Å². The van der Waals surface area contributed by atoms with Crippen molar-refractivity contribution in [1.29, 1.82) is 0 Å². The van der Waals surface area contributed by atoms with Crippen molar-refractivity contribution in [3.63, 3.8) is 0 Å². The summed E-state index contributed by atoms with van der Waals surface area (Å²) < 4.78 is 25.6. The van der Waals surface area contributed by atoms with Gasteiger partial charge in [-0.1, -0.05) is 31.2 Å². The third-order valence-corrected chi connectivity index (χ3v) is 2.13. The van der Waals surface area contributed by atoms with E-state index in [1.54, 1.807) is 18.2 Å². The molecule has 0 aliphatic heterocycles. The molecule has 0 atom stereocenters. The molecule has 0 N–H and O–H groups in total. The van der Waals surface area contributed by atoms with E-state index in [-0.39, 0.29) is 5.56 Å². The molecule has 0 nitrogen and oxygen atoms in total. The lowest BCUT2D eigenvalue weighted by molar-refractivity contribution is 0.113. The van der Waals surface area contributed by atoms with Crippen LogP contribution in [0, 0.1) is 0 Å². The van der Waals surface area contributed by atoms with Gasteiger partial charge in [-0.15, -0.1) is 0 Å². The lowest BCUT2D eigenvalue weighted by atomic mass is 10.1. The van der Waals surface area contributed by atoms with Crippen LogP contribution in [0.4, 0.5) is 8.78 Å². The van der Waals surface area contributed by atoms with Crippen molar-refractivity contribution in [1.82, 2.24) is 0 Å². The molecule has 0 aliphatic rings. The van der Waals surface area contributed by atoms with Crippen LogP contribution in [0.2, 0.25) is 0 Å². The molecule has 0 heterocycles. The average molecular weight is 235 g/mol. The number of hydrogen-bond donors (Lipinski definition) is 0. The number of benzene rings is 1. The summed E-state index contributed by atoms with van der Waals surface area (Å²) >= 11 is 2.34. The molecule has 0 amide bonds. The van der Waals surface area contributed by atoms with Gasteiger partial charge in [0.1, 0.15) is 0 Å². The summed E-state index contributed by atoms with van der Waals surface area (Å²) in [6.45, 7) is 1.86. The molecule has 0 bridgehead atoms. The van der Waals surface area contributed by atoms with Gasteiger partial charge in [0.05, 0.1) is 0 Å². The van der Waals surface area contributed by atoms with E-state index in [1.807, 2.05) is 6.92 Å². The molecular formula is C9H9BrF2. The van der Waals surface area contributed by atoms with E-state index in [1.165, 1.54) is 6.07 Å². The molecule has 12 heavy (non-hydrogen) atoms. The summed E-state index contributed by atoms with van der Waals surface area (Å²) in [5.74, 6) is 0. The fourth-order valence-corrected chi connectivity index (χ4v) is 1.49. The first-order valence-electron chi connectivity index (χ1n) is 3.70. The van der Waals surface area contributed by atoms with E-state index >= 15 is 0 Å². The number of hydrogen-bond acceptors (Lipinski definition) is 0. The molecule has 0 aliphatic carbocycles. The molecule has 0 radical (unpaired) electrons. The Balaban J connectivity index is 3.14. The molecule has 1 aromatic carbocycles. The number of rotatable bonds is 2. The van der Waals surface area contributed by atoms with E-state index in [0.29, 0.717) is 12.0 Å². The van der Waals surface area contributed by atoms with Gasteiger partial charge in [0.2, 0.25) is 0 Å². The smallest absolute Gasteiger partial charge is 0.188 e. The van der Waals surface area contributed by atoms with Gasteiger partial charge in [-0.05, 0) is 27.9 Å². The van der Waals surface area contributed by atoms with Crippen LogP contribution in [-0.2, 0) is 11.3 Å². The Morgan fingerprint density at radius 1 is 1.33 bits per heavy atom. The molecule has 0 spiro atoms. The van der Waals surface area contributed by atoms with Crippen LogP contribution in [0.15, 0.2) is 24.3 Å². The minimum Gasteiger partial charge on any atom is -0.188 e. The summed E-state index contributed by atoms with van der Waals surface area (Å²) in [5.41, 5.74) is 0.742. The minimum absolute atomic E-state index is 0.0625. The quantitative estimate of drug-likeness (QED) is 0.685. The zero-order chi connectivity index (χ0) is 9.19. The highest BCUT2D eigenvalue weighted by Gasteiger charge is 2.28. The second kappa shape index (κ2) is 3.52. The van der Waals surface area contributed by atoms with E-state index in [9.17, 15) is 8.78 Å². The second-order valence-corrected chi connectivity index (χ2v) is 3.50. The standard InChI is InChI=1S/C9H9BrF2/c1-2-7-5-3-4-6-8(7)9(10,11)12/h3-6H,2H2,1H3. The van der Waals surface area contributed by atoms with Gasteiger partial charge in [0.15, 0.2) is 0 Å². The summed E-state index contributed by atoms with van der Waals surface area (Å²) in [7, 11) is 0. The number of aryl methyl sites for hydroxylation is 1. The van der Waals surface area contributed by atoms with E-state index in [0.717, 1.165) is 0 Å². The Labute approximate surface area is 78.7 Å². The summed E-state index contributed by atoms with van der Waals surface area (Å²) in [6, 6.07) is 6.53. The molecule has 0 fully saturated rings. The van der Waals surface area contributed by atoms with Crippen LogP contribution >= 0.6 is 15.9 Å². The van der Waals surface area contributed by atoms with Crippen molar-refractivity contribution in [3.8, 4) is 0 Å². The second-order valence-electron chi connectivity index (χ2n) is 2.51. The third kappa shape index (κ3) is 2.03. The predicted molar refractivity (Wildman–Crippen MR) is 48.6 cm³/mol. The van der Waals surface area contributed by atoms with Gasteiger partial charge in [0, 0.05) is 5.56 Å². The Bertz CT molecular complexity index is 265. The summed E-state index contributed by atoms with van der Waals surface area (Å²) in [6.07, 6.45) is 0.622. The summed E-state index contributed by atoms with van der Waals surface area (Å²) in [4.78, 5) is -2.90. The van der Waals surface area contributed by atoms with Crippen molar-refractivity contribution in [2.24, 2.45) is 0 Å². The average Bonchev–Trinajstić information content (AvgIpc) is 2.03. The van der Waals surface area contributed by atoms with Gasteiger partial charge >= 0.3 is 4.83 Å². The molecular weight excluding hydrogens is 226 g/mol. The van der Waals surface area contributed by atoms with E-state index < -0.39 is 4.83 Å². The Hall–Kier alpha value is -0.440. The first-order valence-corrected chi connectivity index (χ1v) is 4.50. The van der Waals surface area contributed by atoms with Crippen LogP contribution in [0.1, 0.15) is 18.1 Å². The first-order chi connectivity index (χ1) is 5.55. The zero-order valence-corrected chi connectivity index (χ0v) is 8.24. The molecule has 66 valence electrons. The normalized spacial score (nSPS) is 11.7. The van der Waals surface area contributed by atoms with Gasteiger partial charge in [-0.2, -0.15) is 8.78 Å². The van der Waals surface area contributed by atoms with E-state index in [4.69, 9.17) is 0 Å². The maximum Gasteiger partial charge on any atom is 0.326 e. The monoisotopic (exact) mass is 234 g/mol. The third-order valence-electron chi connectivity index (χ3n) is 1.70. The molecule has 0 unspecified atom stereocenters. The minimum atomic E-state index is -2.90. The SMILES string of the molecule is CCc1ccccc1C(F)(F)Br. The van der Waals surface area contributed by atoms with Gasteiger partial charge in [0.25, 0.3) is 0 Å². The molecule has 1 rings (SSSR count). The topological polar surface area (TPSA) is 0 Å². The van der Waals surface area contributed by atoms with Gasteiger partial charge < -0.3 is 0 Å². The Morgan fingerprint density at radius 2 is 1.92 bits per heavy atom. The Kier molecular flexibility index (Phi) is 2.83. The van der Waals surface area contributed by atoms with Crippen LogP contribution in [0.3, 0.4) is 0 Å². The van der Waals surface area contributed by atoms with Crippen LogP contribution in [-0.4, -0.2) is 0 Å². The predicted octanol–water partition coefficient (Wildman–Crippen LogP) is 3.69. The van der Waals surface area contributed by atoms with Crippen LogP contribution in [0.5, 0.6) is 0 Å². The van der Waals surface area contributed by atoms with Crippen molar-refractivity contribution >= 4 is 15.9 Å². The van der Waals surface area contributed by atoms with Crippen molar-refractivity contribution in [2.45, 2.75) is 18.2 Å². The van der Waals surface area contributed by atoms with Crippen molar-refractivity contribution in [2.75, 3.05) is 0 Å². The molecule has 0 aromatic heterocycles. The number of alkyl halides is 3. The summed E-state index contributed by atoms with van der Waals surface area (Å²) in [5, 5.41) is 0. The molecule has 0 saturated carbocycles. The molecule has 1 aromatic rings. The lowest BCUT2D eigenvalue weighted by Gasteiger charge is -2.12. The van der Waals surface area contributed by atoms with Crippen LogP contribution < -0.4 is 0 Å². The fraction of sp³-hybridized carbons (Fsp3) is 0.333. The highest BCUT2D eigenvalue weighted by Crippen LogP contribution is 2.36.